The Kier molecular flexibility index (Phi) is 5.28. The first-order chi connectivity index (χ1) is 8.39. The number of nitrogens with zero attached hydrogens (tertiary/aromatic N) is 1. The molecule has 0 aliphatic carbocycles. The Morgan fingerprint density at radius 3 is 2.56 bits per heavy atom. The molecule has 0 aromatic heterocycles. The van der Waals surface area contributed by atoms with E-state index < -0.39 is 16.1 Å². The zero-order valence-corrected chi connectivity index (χ0v) is 11.6. The van der Waals surface area contributed by atoms with E-state index in [-0.39, 0.29) is 18.0 Å². The van der Waals surface area contributed by atoms with Crippen LogP contribution in [0.1, 0.15) is 5.56 Å². The summed E-state index contributed by atoms with van der Waals surface area (Å²) in [6, 6.07) is 6.77. The second-order valence-electron chi connectivity index (χ2n) is 4.16. The first kappa shape index (κ1) is 15.1. The lowest BCUT2D eigenvalue weighted by Crippen LogP contribution is -2.36. The van der Waals surface area contributed by atoms with E-state index in [4.69, 9.17) is 4.74 Å². The van der Waals surface area contributed by atoms with Crippen molar-refractivity contribution < 1.29 is 18.3 Å². The van der Waals surface area contributed by atoms with E-state index in [9.17, 15) is 13.5 Å². The van der Waals surface area contributed by atoms with E-state index in [1.54, 1.807) is 31.2 Å². The minimum Gasteiger partial charge on any atom is -0.389 e. The zero-order valence-electron chi connectivity index (χ0n) is 10.8. The first-order valence-corrected chi connectivity index (χ1v) is 7.02. The Hall–Kier alpha value is -0.950. The van der Waals surface area contributed by atoms with Gasteiger partial charge in [0.1, 0.15) is 0 Å². The van der Waals surface area contributed by atoms with Gasteiger partial charge in [-0.05, 0) is 18.6 Å². The highest BCUT2D eigenvalue weighted by Gasteiger charge is 2.24. The number of ether oxygens (including phenoxy) is 1. The van der Waals surface area contributed by atoms with Gasteiger partial charge < -0.3 is 9.84 Å². The second-order valence-corrected chi connectivity index (χ2v) is 6.17. The lowest BCUT2D eigenvalue weighted by molar-refractivity contribution is 0.0554. The Labute approximate surface area is 108 Å². The molecule has 1 atom stereocenters. The Bertz CT molecular complexity index is 487. The van der Waals surface area contributed by atoms with Gasteiger partial charge in [0.15, 0.2) is 0 Å². The maximum absolute atomic E-state index is 12.3. The number of likely N-dealkylation sites (N-methyl/N-ethyl adjacent to an activating group) is 1. The van der Waals surface area contributed by atoms with Crippen LogP contribution in [0.4, 0.5) is 0 Å². The summed E-state index contributed by atoms with van der Waals surface area (Å²) in [5, 5.41) is 9.57. The smallest absolute Gasteiger partial charge is 0.243 e. The minimum absolute atomic E-state index is 0.00447. The highest BCUT2D eigenvalue weighted by molar-refractivity contribution is 7.89. The van der Waals surface area contributed by atoms with Crippen molar-refractivity contribution in [2.75, 3.05) is 27.3 Å². The molecule has 0 aliphatic rings. The average Bonchev–Trinajstić information content (AvgIpc) is 2.29. The molecule has 1 unspecified atom stereocenters. The molecule has 18 heavy (non-hydrogen) atoms. The molecule has 0 saturated carbocycles. The standard InChI is InChI=1S/C12H19NO4S/c1-10-6-4-5-7-12(10)18(15,16)13(2)8-11(14)9-17-3/h4-7,11,14H,8-9H2,1-3H3. The number of aliphatic hydroxyl groups is 1. The number of benzene rings is 1. The summed E-state index contributed by atoms with van der Waals surface area (Å²) in [6.07, 6.45) is -0.834. The van der Waals surface area contributed by atoms with Crippen LogP contribution in [0.5, 0.6) is 0 Å². The summed E-state index contributed by atoms with van der Waals surface area (Å²) in [5.41, 5.74) is 0.686. The van der Waals surface area contributed by atoms with Crippen molar-refractivity contribution in [3.8, 4) is 0 Å². The van der Waals surface area contributed by atoms with Crippen LogP contribution in [0.3, 0.4) is 0 Å². The highest BCUT2D eigenvalue weighted by atomic mass is 32.2. The fourth-order valence-corrected chi connectivity index (χ4v) is 3.08. The van der Waals surface area contributed by atoms with Gasteiger partial charge in [0.2, 0.25) is 10.0 Å². The van der Waals surface area contributed by atoms with Crippen molar-refractivity contribution in [3.63, 3.8) is 0 Å². The van der Waals surface area contributed by atoms with Gasteiger partial charge in [-0.2, -0.15) is 4.31 Å². The number of rotatable bonds is 6. The number of aliphatic hydroxyl groups excluding tert-OH is 1. The Morgan fingerprint density at radius 2 is 2.00 bits per heavy atom. The maximum atomic E-state index is 12.3. The quantitative estimate of drug-likeness (QED) is 0.825. The van der Waals surface area contributed by atoms with Gasteiger partial charge in [-0.1, -0.05) is 18.2 Å². The second kappa shape index (κ2) is 6.29. The molecule has 0 aliphatic heterocycles. The first-order valence-electron chi connectivity index (χ1n) is 5.58. The SMILES string of the molecule is COCC(O)CN(C)S(=O)(=O)c1ccccc1C. The van der Waals surface area contributed by atoms with Crippen LogP contribution in [0.25, 0.3) is 0 Å². The van der Waals surface area contributed by atoms with E-state index in [1.807, 2.05) is 0 Å². The number of methoxy groups -OCH3 is 1. The van der Waals surface area contributed by atoms with Crippen LogP contribution in [-0.4, -0.2) is 51.2 Å². The van der Waals surface area contributed by atoms with E-state index in [1.165, 1.54) is 14.2 Å². The summed E-state index contributed by atoms with van der Waals surface area (Å²) >= 11 is 0. The molecule has 1 aromatic rings. The fraction of sp³-hybridized carbons (Fsp3) is 0.500. The summed E-state index contributed by atoms with van der Waals surface area (Å²) in [4.78, 5) is 0.261. The van der Waals surface area contributed by atoms with Crippen molar-refractivity contribution in [2.45, 2.75) is 17.9 Å². The summed E-state index contributed by atoms with van der Waals surface area (Å²) in [5.74, 6) is 0. The molecule has 1 aromatic carbocycles. The molecule has 0 radical (unpaired) electrons. The predicted octanol–water partition coefficient (Wildman–Crippen LogP) is 0.623. The van der Waals surface area contributed by atoms with Gasteiger partial charge in [0.25, 0.3) is 0 Å². The van der Waals surface area contributed by atoms with Crippen molar-refractivity contribution in [3.05, 3.63) is 29.8 Å². The molecule has 0 spiro atoms. The predicted molar refractivity (Wildman–Crippen MR) is 68.9 cm³/mol. The molecule has 0 heterocycles. The van der Waals surface area contributed by atoms with Crippen LogP contribution in [-0.2, 0) is 14.8 Å². The van der Waals surface area contributed by atoms with E-state index in [0.29, 0.717) is 5.56 Å². The fourth-order valence-electron chi connectivity index (χ4n) is 1.65. The summed E-state index contributed by atoms with van der Waals surface area (Å²) in [6.45, 7) is 1.85. The molecule has 0 fully saturated rings. The molecule has 102 valence electrons. The molecule has 5 nitrogen and oxygen atoms in total. The van der Waals surface area contributed by atoms with Crippen LogP contribution in [0.15, 0.2) is 29.2 Å². The van der Waals surface area contributed by atoms with E-state index in [2.05, 4.69) is 0 Å². The number of aryl methyl sites for hydroxylation is 1. The average molecular weight is 273 g/mol. The van der Waals surface area contributed by atoms with E-state index >= 15 is 0 Å². The molecule has 1 N–H and O–H groups in total. The molecular weight excluding hydrogens is 254 g/mol. The summed E-state index contributed by atoms with van der Waals surface area (Å²) in [7, 11) is -0.663. The van der Waals surface area contributed by atoms with Crippen molar-refractivity contribution in [2.24, 2.45) is 0 Å². The molecule has 0 bridgehead atoms. The van der Waals surface area contributed by atoms with Gasteiger partial charge >= 0.3 is 0 Å². The van der Waals surface area contributed by atoms with Gasteiger partial charge in [-0.15, -0.1) is 0 Å². The third kappa shape index (κ3) is 3.52. The lowest BCUT2D eigenvalue weighted by Gasteiger charge is -2.21. The van der Waals surface area contributed by atoms with Crippen LogP contribution in [0.2, 0.25) is 0 Å². The Balaban J connectivity index is 2.90. The molecular formula is C12H19NO4S. The molecule has 0 saturated heterocycles. The third-order valence-electron chi connectivity index (χ3n) is 2.61. The van der Waals surface area contributed by atoms with Crippen LogP contribution >= 0.6 is 0 Å². The topological polar surface area (TPSA) is 66.8 Å². The normalized spacial score (nSPS) is 13.8. The Morgan fingerprint density at radius 1 is 1.39 bits per heavy atom. The highest BCUT2D eigenvalue weighted by Crippen LogP contribution is 2.18. The summed E-state index contributed by atoms with van der Waals surface area (Å²) < 4.78 is 30.4. The largest absolute Gasteiger partial charge is 0.389 e. The van der Waals surface area contributed by atoms with Crippen LogP contribution in [0, 0.1) is 6.92 Å². The monoisotopic (exact) mass is 273 g/mol. The molecule has 6 heteroatoms. The van der Waals surface area contributed by atoms with Gasteiger partial charge in [0, 0.05) is 20.7 Å². The third-order valence-corrected chi connectivity index (χ3v) is 4.59. The van der Waals surface area contributed by atoms with Crippen molar-refractivity contribution >= 4 is 10.0 Å². The lowest BCUT2D eigenvalue weighted by atomic mass is 10.2. The van der Waals surface area contributed by atoms with Crippen molar-refractivity contribution in [1.29, 1.82) is 0 Å². The van der Waals surface area contributed by atoms with Gasteiger partial charge in [-0.3, -0.25) is 0 Å². The number of hydrogen-bond donors (Lipinski definition) is 1. The van der Waals surface area contributed by atoms with Crippen LogP contribution < -0.4 is 0 Å². The molecule has 0 amide bonds. The number of hydrogen-bond acceptors (Lipinski definition) is 4. The van der Waals surface area contributed by atoms with E-state index in [0.717, 1.165) is 4.31 Å². The van der Waals surface area contributed by atoms with Gasteiger partial charge in [0.05, 0.1) is 17.6 Å². The number of sulfonamides is 1. The zero-order chi connectivity index (χ0) is 13.8. The maximum Gasteiger partial charge on any atom is 0.243 e. The molecule has 1 rings (SSSR count). The van der Waals surface area contributed by atoms with Gasteiger partial charge in [-0.25, -0.2) is 8.42 Å². The van der Waals surface area contributed by atoms with Crippen molar-refractivity contribution in [1.82, 2.24) is 4.31 Å². The minimum atomic E-state index is -3.57.